The lowest BCUT2D eigenvalue weighted by atomic mass is 10.1. The van der Waals surface area contributed by atoms with Crippen LogP contribution in [0.1, 0.15) is 21.5 Å². The van der Waals surface area contributed by atoms with E-state index in [-0.39, 0.29) is 11.0 Å². The number of nitrogens with zero attached hydrogens (tertiary/aromatic N) is 1. The highest BCUT2D eigenvalue weighted by Gasteiger charge is 2.13. The Hall–Kier alpha value is -2.93. The van der Waals surface area contributed by atoms with Gasteiger partial charge >= 0.3 is 0 Å². The average molecular weight is 470 g/mol. The molecular weight excluding hydrogens is 453 g/mol. The summed E-state index contributed by atoms with van der Waals surface area (Å²) in [7, 11) is 0. The number of aromatic nitrogens is 1. The van der Waals surface area contributed by atoms with E-state index in [1.165, 1.54) is 0 Å². The number of carbonyl (C=O) groups is 1. The highest BCUT2D eigenvalue weighted by molar-refractivity contribution is 7.80. The van der Waals surface area contributed by atoms with Crippen molar-refractivity contribution in [2.24, 2.45) is 0 Å². The summed E-state index contributed by atoms with van der Waals surface area (Å²) in [5, 5.41) is 6.80. The average Bonchev–Trinajstić information content (AvgIpc) is 3.13. The quantitative estimate of drug-likeness (QED) is 0.333. The van der Waals surface area contributed by atoms with E-state index in [4.69, 9.17) is 39.8 Å². The van der Waals surface area contributed by atoms with Crippen molar-refractivity contribution in [3.8, 4) is 11.5 Å². The summed E-state index contributed by atoms with van der Waals surface area (Å²) in [4.78, 5) is 17.0. The second-order valence-electron chi connectivity index (χ2n) is 7.06. The molecule has 31 heavy (non-hydrogen) atoms. The van der Waals surface area contributed by atoms with E-state index < -0.39 is 0 Å². The molecule has 0 saturated heterocycles. The number of halogens is 2. The van der Waals surface area contributed by atoms with Gasteiger partial charge in [0.2, 0.25) is 5.89 Å². The number of amides is 1. The monoisotopic (exact) mass is 469 g/mol. The number of benzene rings is 3. The van der Waals surface area contributed by atoms with Crippen molar-refractivity contribution in [3.05, 3.63) is 81.3 Å². The van der Waals surface area contributed by atoms with Gasteiger partial charge in [-0.25, -0.2) is 4.98 Å². The summed E-state index contributed by atoms with van der Waals surface area (Å²) < 4.78 is 5.81. The van der Waals surface area contributed by atoms with Gasteiger partial charge in [0.15, 0.2) is 10.7 Å². The van der Waals surface area contributed by atoms with Gasteiger partial charge in [-0.2, -0.15) is 0 Å². The van der Waals surface area contributed by atoms with Crippen LogP contribution in [-0.4, -0.2) is 16.0 Å². The van der Waals surface area contributed by atoms with Crippen molar-refractivity contribution >= 4 is 63.2 Å². The number of aryl methyl sites for hydroxylation is 2. The molecule has 0 atom stereocenters. The topological polar surface area (TPSA) is 67.2 Å². The third-order valence-corrected chi connectivity index (χ3v) is 5.61. The molecule has 2 N–H and O–H groups in total. The molecule has 0 fully saturated rings. The molecule has 0 aliphatic carbocycles. The third-order valence-electron chi connectivity index (χ3n) is 4.67. The highest BCUT2D eigenvalue weighted by Crippen LogP contribution is 2.30. The number of hydrogen-bond donors (Lipinski definition) is 2. The van der Waals surface area contributed by atoms with Crippen LogP contribution in [0, 0.1) is 13.8 Å². The van der Waals surface area contributed by atoms with Crippen molar-refractivity contribution in [1.82, 2.24) is 10.3 Å². The van der Waals surface area contributed by atoms with E-state index in [0.717, 1.165) is 16.7 Å². The molecule has 8 heteroatoms. The van der Waals surface area contributed by atoms with Gasteiger partial charge in [0.25, 0.3) is 5.91 Å². The zero-order valence-electron chi connectivity index (χ0n) is 16.6. The molecule has 0 aliphatic heterocycles. The fourth-order valence-corrected chi connectivity index (χ4v) is 3.67. The lowest BCUT2D eigenvalue weighted by Gasteiger charge is -2.11. The minimum absolute atomic E-state index is 0.192. The van der Waals surface area contributed by atoms with Crippen LogP contribution in [0.15, 0.2) is 59.0 Å². The van der Waals surface area contributed by atoms with E-state index in [1.807, 2.05) is 26.0 Å². The van der Waals surface area contributed by atoms with Crippen molar-refractivity contribution in [2.75, 3.05) is 5.32 Å². The molecule has 0 aliphatic rings. The van der Waals surface area contributed by atoms with Crippen LogP contribution in [0.3, 0.4) is 0 Å². The maximum atomic E-state index is 12.5. The number of rotatable bonds is 3. The second kappa shape index (κ2) is 8.67. The lowest BCUT2D eigenvalue weighted by Crippen LogP contribution is -2.34. The van der Waals surface area contributed by atoms with Gasteiger partial charge in [-0.1, -0.05) is 40.9 Å². The molecule has 1 aromatic heterocycles. The minimum Gasteiger partial charge on any atom is -0.436 e. The molecule has 0 saturated carbocycles. The van der Waals surface area contributed by atoms with Gasteiger partial charge in [-0.15, -0.1) is 0 Å². The first kappa shape index (κ1) is 21.3. The standard InChI is InChI=1S/C23H17Cl2N3O2S/c1-12-3-6-16(13(2)9-12)21(29)28-23(31)26-15-5-8-20-19(11-15)27-22(30-20)14-4-7-17(24)18(25)10-14/h3-11H,1-2H3,(H2,26,28,29,31). The predicted octanol–water partition coefficient (Wildman–Crippen LogP) is 6.55. The number of oxazole rings is 1. The summed E-state index contributed by atoms with van der Waals surface area (Å²) in [5.74, 6) is 0.163. The molecule has 1 heterocycles. The zero-order chi connectivity index (χ0) is 22.1. The Kier molecular flexibility index (Phi) is 5.96. The zero-order valence-corrected chi connectivity index (χ0v) is 19.0. The van der Waals surface area contributed by atoms with Gasteiger partial charge in [0.05, 0.1) is 10.0 Å². The second-order valence-corrected chi connectivity index (χ2v) is 8.28. The smallest absolute Gasteiger partial charge is 0.257 e. The van der Waals surface area contributed by atoms with Gasteiger partial charge in [-0.05, 0) is 74.1 Å². The van der Waals surface area contributed by atoms with Crippen molar-refractivity contribution < 1.29 is 9.21 Å². The van der Waals surface area contributed by atoms with Crippen molar-refractivity contribution in [1.29, 1.82) is 0 Å². The first-order valence-electron chi connectivity index (χ1n) is 9.36. The van der Waals surface area contributed by atoms with E-state index in [9.17, 15) is 4.79 Å². The number of fused-ring (bicyclic) bond motifs is 1. The van der Waals surface area contributed by atoms with Crippen LogP contribution in [0.5, 0.6) is 0 Å². The van der Waals surface area contributed by atoms with Gasteiger partial charge < -0.3 is 9.73 Å². The molecule has 0 unspecified atom stereocenters. The normalized spacial score (nSPS) is 10.8. The summed E-state index contributed by atoms with van der Waals surface area (Å²) in [6, 6.07) is 16.2. The van der Waals surface area contributed by atoms with Crippen LogP contribution < -0.4 is 10.6 Å². The Morgan fingerprint density at radius 3 is 2.55 bits per heavy atom. The largest absolute Gasteiger partial charge is 0.436 e. The first-order chi connectivity index (χ1) is 14.8. The van der Waals surface area contributed by atoms with Crippen LogP contribution in [0.2, 0.25) is 10.0 Å². The summed E-state index contributed by atoms with van der Waals surface area (Å²) >= 11 is 17.4. The van der Waals surface area contributed by atoms with Crippen LogP contribution in [-0.2, 0) is 0 Å². The Morgan fingerprint density at radius 1 is 1.00 bits per heavy atom. The molecule has 4 aromatic rings. The fourth-order valence-electron chi connectivity index (χ4n) is 3.16. The maximum absolute atomic E-state index is 12.5. The molecule has 3 aromatic carbocycles. The maximum Gasteiger partial charge on any atom is 0.257 e. The van der Waals surface area contributed by atoms with E-state index in [1.54, 1.807) is 42.5 Å². The number of nitrogens with one attached hydrogen (secondary N) is 2. The molecule has 0 bridgehead atoms. The Bertz CT molecular complexity index is 1330. The molecule has 0 radical (unpaired) electrons. The van der Waals surface area contributed by atoms with Gasteiger partial charge in [0, 0.05) is 16.8 Å². The fraction of sp³-hybridized carbons (Fsp3) is 0.0870. The highest BCUT2D eigenvalue weighted by atomic mass is 35.5. The number of thiocarbonyl (C=S) groups is 1. The first-order valence-corrected chi connectivity index (χ1v) is 10.5. The van der Waals surface area contributed by atoms with Gasteiger partial charge in [0.1, 0.15) is 5.52 Å². The van der Waals surface area contributed by atoms with Crippen molar-refractivity contribution in [3.63, 3.8) is 0 Å². The lowest BCUT2D eigenvalue weighted by molar-refractivity contribution is 0.0977. The van der Waals surface area contributed by atoms with E-state index in [0.29, 0.717) is 38.3 Å². The van der Waals surface area contributed by atoms with E-state index >= 15 is 0 Å². The molecule has 4 rings (SSSR count). The Balaban J connectivity index is 1.50. The van der Waals surface area contributed by atoms with E-state index in [2.05, 4.69) is 15.6 Å². The number of hydrogen-bond acceptors (Lipinski definition) is 4. The van der Waals surface area contributed by atoms with Crippen LogP contribution >= 0.6 is 35.4 Å². The van der Waals surface area contributed by atoms with Gasteiger partial charge in [-0.3, -0.25) is 10.1 Å². The molecule has 156 valence electrons. The number of anilines is 1. The summed E-state index contributed by atoms with van der Waals surface area (Å²) in [5.41, 5.74) is 5.19. The molecule has 0 spiro atoms. The third kappa shape index (κ3) is 4.71. The molecule has 5 nitrogen and oxygen atoms in total. The van der Waals surface area contributed by atoms with Crippen LogP contribution in [0.4, 0.5) is 5.69 Å². The molecule has 1 amide bonds. The predicted molar refractivity (Wildman–Crippen MR) is 129 cm³/mol. The summed E-state index contributed by atoms with van der Waals surface area (Å²) in [6.07, 6.45) is 0. The van der Waals surface area contributed by atoms with Crippen LogP contribution in [0.25, 0.3) is 22.6 Å². The Morgan fingerprint density at radius 2 is 1.81 bits per heavy atom. The Labute approximate surface area is 194 Å². The number of carbonyl (C=O) groups excluding carboxylic acids is 1. The summed E-state index contributed by atoms with van der Waals surface area (Å²) in [6.45, 7) is 3.87. The van der Waals surface area contributed by atoms with Crippen molar-refractivity contribution in [2.45, 2.75) is 13.8 Å². The minimum atomic E-state index is -0.264. The molecular formula is C23H17Cl2N3O2S. The SMILES string of the molecule is Cc1ccc(C(=O)NC(=S)Nc2ccc3oc(-c4ccc(Cl)c(Cl)c4)nc3c2)c(C)c1.